The van der Waals surface area contributed by atoms with Crippen LogP contribution >= 0.6 is 11.8 Å². The van der Waals surface area contributed by atoms with Crippen molar-refractivity contribution in [2.75, 3.05) is 7.11 Å². The van der Waals surface area contributed by atoms with Crippen LogP contribution in [0.4, 0.5) is 10.2 Å². The number of aromatic nitrogens is 2. The summed E-state index contributed by atoms with van der Waals surface area (Å²) < 4.78 is 26.4. The Labute approximate surface area is 184 Å². The molecule has 1 aliphatic heterocycles. The van der Waals surface area contributed by atoms with E-state index in [-0.39, 0.29) is 22.7 Å². The van der Waals surface area contributed by atoms with Gasteiger partial charge in [-0.2, -0.15) is 0 Å². The molecule has 1 atom stereocenters. The Hall–Kier alpha value is -3.00. The fraction of sp³-hybridized carbons (Fsp3) is 0.304. The molecule has 4 rings (SSSR count). The minimum absolute atomic E-state index is 0.0912. The third-order valence-electron chi connectivity index (χ3n) is 5.06. The van der Waals surface area contributed by atoms with Crippen LogP contribution in [-0.4, -0.2) is 21.9 Å². The van der Waals surface area contributed by atoms with Gasteiger partial charge in [-0.25, -0.2) is 9.38 Å². The van der Waals surface area contributed by atoms with Crippen LogP contribution in [0.1, 0.15) is 48.8 Å². The third kappa shape index (κ3) is 4.25. The number of hydrogen-bond acceptors (Lipinski definition) is 5. The highest BCUT2D eigenvalue weighted by Gasteiger charge is 2.31. The topological polar surface area (TPSA) is 68.6 Å². The molecule has 1 aromatic heterocycles. The Morgan fingerprint density at radius 2 is 1.94 bits per heavy atom. The predicted octanol–water partition coefficient (Wildman–Crippen LogP) is 5.37. The van der Waals surface area contributed by atoms with Crippen molar-refractivity contribution < 1.29 is 13.9 Å². The van der Waals surface area contributed by atoms with Crippen LogP contribution in [-0.2, 0) is 6.61 Å². The Bertz CT molecular complexity index is 1180. The van der Waals surface area contributed by atoms with Crippen molar-refractivity contribution in [3.63, 3.8) is 0 Å². The molecule has 0 aliphatic carbocycles. The van der Waals surface area contributed by atoms with E-state index in [0.29, 0.717) is 29.5 Å². The first-order valence-corrected chi connectivity index (χ1v) is 10.9. The highest BCUT2D eigenvalue weighted by Crippen LogP contribution is 2.45. The number of aromatic amines is 1. The van der Waals surface area contributed by atoms with Gasteiger partial charge in [0.15, 0.2) is 17.3 Å². The molecule has 3 aromatic rings. The van der Waals surface area contributed by atoms with E-state index >= 15 is 0 Å². The number of aliphatic imine (C=N–C) groups is 1. The maximum absolute atomic E-state index is 13.1. The number of fused-ring (bicyclic) bond motifs is 1. The second-order valence-corrected chi connectivity index (χ2v) is 8.89. The summed E-state index contributed by atoms with van der Waals surface area (Å²) in [6, 6.07) is 11.9. The van der Waals surface area contributed by atoms with Gasteiger partial charge in [-0.15, -0.1) is 0 Å². The largest absolute Gasteiger partial charge is 0.493 e. The molecule has 0 bridgehead atoms. The van der Waals surface area contributed by atoms with Gasteiger partial charge in [0.1, 0.15) is 12.4 Å². The Morgan fingerprint density at radius 1 is 1.19 bits per heavy atom. The minimum atomic E-state index is -0.282. The van der Waals surface area contributed by atoms with Gasteiger partial charge < -0.3 is 9.47 Å². The van der Waals surface area contributed by atoms with E-state index in [2.05, 4.69) is 10.1 Å². The lowest BCUT2D eigenvalue weighted by atomic mass is 10.1. The van der Waals surface area contributed by atoms with Crippen molar-refractivity contribution in [2.24, 2.45) is 4.99 Å². The first-order valence-electron chi connectivity index (χ1n) is 9.99. The van der Waals surface area contributed by atoms with Gasteiger partial charge in [-0.3, -0.25) is 14.6 Å². The molecule has 1 aliphatic rings. The number of rotatable bonds is 6. The highest BCUT2D eigenvalue weighted by atomic mass is 32.2. The summed E-state index contributed by atoms with van der Waals surface area (Å²) in [5, 5.41) is 3.61. The lowest BCUT2D eigenvalue weighted by Crippen LogP contribution is -2.13. The molecule has 0 saturated heterocycles. The lowest BCUT2D eigenvalue weighted by molar-refractivity contribution is 0.284. The SMILES string of the molecule is COc1cc([C@H]2SC(C)=Nc3c2c(=O)[nH]n3C(C)C)ccc1OCc1ccc(F)cc1. The van der Waals surface area contributed by atoms with Crippen molar-refractivity contribution in [1.29, 1.82) is 0 Å². The number of nitrogens with one attached hydrogen (secondary N) is 1. The first kappa shape index (κ1) is 21.2. The average molecular weight is 442 g/mol. The Kier molecular flexibility index (Phi) is 5.91. The molecule has 8 heteroatoms. The van der Waals surface area contributed by atoms with E-state index in [4.69, 9.17) is 9.47 Å². The Balaban J connectivity index is 1.65. The monoisotopic (exact) mass is 441 g/mol. The number of thioether (sulfide) groups is 1. The molecule has 1 N–H and O–H groups in total. The second kappa shape index (κ2) is 8.63. The zero-order valence-corrected chi connectivity index (χ0v) is 18.6. The van der Waals surface area contributed by atoms with Crippen LogP contribution < -0.4 is 15.0 Å². The number of H-pyrrole nitrogens is 1. The third-order valence-corrected chi connectivity index (χ3v) is 6.24. The van der Waals surface area contributed by atoms with E-state index in [1.54, 1.807) is 31.0 Å². The number of nitrogens with zero attached hydrogens (tertiary/aromatic N) is 2. The molecule has 162 valence electrons. The smallest absolute Gasteiger partial charge is 0.271 e. The molecule has 0 spiro atoms. The zero-order valence-electron chi connectivity index (χ0n) is 17.8. The molecule has 2 aromatic carbocycles. The number of hydrogen-bond donors (Lipinski definition) is 1. The minimum Gasteiger partial charge on any atom is -0.493 e. The van der Waals surface area contributed by atoms with Gasteiger partial charge in [-0.05, 0) is 56.2 Å². The Morgan fingerprint density at radius 3 is 2.61 bits per heavy atom. The molecule has 0 radical (unpaired) electrons. The average Bonchev–Trinajstić information content (AvgIpc) is 3.09. The fourth-order valence-electron chi connectivity index (χ4n) is 3.53. The van der Waals surface area contributed by atoms with Gasteiger partial charge in [0.2, 0.25) is 0 Å². The van der Waals surface area contributed by atoms with E-state index in [9.17, 15) is 9.18 Å². The summed E-state index contributed by atoms with van der Waals surface area (Å²) in [4.78, 5) is 17.4. The fourth-order valence-corrected chi connectivity index (χ4v) is 4.62. The van der Waals surface area contributed by atoms with E-state index < -0.39 is 0 Å². The van der Waals surface area contributed by atoms with Crippen LogP contribution in [0, 0.1) is 5.82 Å². The molecule has 0 amide bonds. The zero-order chi connectivity index (χ0) is 22.1. The molecule has 2 heterocycles. The summed E-state index contributed by atoms with van der Waals surface area (Å²) in [6.45, 7) is 6.25. The van der Waals surface area contributed by atoms with Crippen molar-refractivity contribution in [2.45, 2.75) is 38.7 Å². The second-order valence-electron chi connectivity index (χ2n) is 7.60. The summed E-state index contributed by atoms with van der Waals surface area (Å²) in [5.74, 6) is 1.55. The molecular formula is C23H24FN3O3S. The molecule has 0 unspecified atom stereocenters. The number of benzene rings is 2. The van der Waals surface area contributed by atoms with E-state index in [0.717, 1.165) is 16.2 Å². The van der Waals surface area contributed by atoms with Crippen molar-refractivity contribution >= 4 is 22.6 Å². The van der Waals surface area contributed by atoms with Gasteiger partial charge >= 0.3 is 0 Å². The standard InChI is InChI=1S/C23H24FN3O3S/c1-13(2)27-22-20(23(28)26-27)21(31-14(3)25-22)16-7-10-18(19(11-16)29-4)30-12-15-5-8-17(24)9-6-15/h5-11,13,21H,12H2,1-4H3,(H,26,28)/t21-/m1/s1. The van der Waals surface area contributed by atoms with E-state index in [1.807, 2.05) is 43.7 Å². The molecule has 31 heavy (non-hydrogen) atoms. The maximum atomic E-state index is 13.1. The van der Waals surface area contributed by atoms with Crippen molar-refractivity contribution in [3.8, 4) is 11.5 Å². The van der Waals surface area contributed by atoms with Gasteiger partial charge in [0, 0.05) is 6.04 Å². The van der Waals surface area contributed by atoms with Gasteiger partial charge in [0.05, 0.1) is 23.0 Å². The van der Waals surface area contributed by atoms with Crippen LogP contribution in [0.2, 0.25) is 0 Å². The number of ether oxygens (including phenoxy) is 2. The maximum Gasteiger partial charge on any atom is 0.271 e. The van der Waals surface area contributed by atoms with E-state index in [1.165, 1.54) is 12.1 Å². The molecular weight excluding hydrogens is 417 g/mol. The number of halogens is 1. The molecule has 0 saturated carbocycles. The summed E-state index contributed by atoms with van der Waals surface area (Å²) >= 11 is 1.54. The van der Waals surface area contributed by atoms with Crippen LogP contribution in [0.25, 0.3) is 0 Å². The quantitative estimate of drug-likeness (QED) is 0.558. The molecule has 0 fully saturated rings. The van der Waals surface area contributed by atoms with Crippen LogP contribution in [0.3, 0.4) is 0 Å². The van der Waals surface area contributed by atoms with Gasteiger partial charge in [-0.1, -0.05) is 30.0 Å². The van der Waals surface area contributed by atoms with Gasteiger partial charge in [0.25, 0.3) is 5.56 Å². The normalized spacial score (nSPS) is 15.5. The first-order chi connectivity index (χ1) is 14.9. The molecule has 6 nitrogen and oxygen atoms in total. The lowest BCUT2D eigenvalue weighted by Gasteiger charge is -2.22. The van der Waals surface area contributed by atoms with Crippen molar-refractivity contribution in [3.05, 3.63) is 75.3 Å². The highest BCUT2D eigenvalue weighted by molar-refractivity contribution is 8.14. The summed E-state index contributed by atoms with van der Waals surface area (Å²) in [5.41, 5.74) is 2.30. The van der Waals surface area contributed by atoms with Crippen LogP contribution in [0.5, 0.6) is 11.5 Å². The summed E-state index contributed by atoms with van der Waals surface area (Å²) in [6.07, 6.45) is 0. The van der Waals surface area contributed by atoms with Crippen LogP contribution in [0.15, 0.2) is 52.3 Å². The van der Waals surface area contributed by atoms with Crippen molar-refractivity contribution in [1.82, 2.24) is 9.78 Å². The predicted molar refractivity (Wildman–Crippen MR) is 121 cm³/mol. The summed E-state index contributed by atoms with van der Waals surface area (Å²) in [7, 11) is 1.58. The number of methoxy groups -OCH3 is 1.